The predicted octanol–water partition coefficient (Wildman–Crippen LogP) is 1.84. The fourth-order valence-corrected chi connectivity index (χ4v) is 2.68. The molecule has 1 spiro atoms. The van der Waals surface area contributed by atoms with Gasteiger partial charge in [0.2, 0.25) is 0 Å². The fraction of sp³-hybridized carbons (Fsp3) is 0.500. The summed E-state index contributed by atoms with van der Waals surface area (Å²) in [6, 6.07) is 5.27. The number of halogens is 1. The lowest BCUT2D eigenvalue weighted by molar-refractivity contribution is 0.217. The van der Waals surface area contributed by atoms with Crippen LogP contribution in [0.2, 0.25) is 0 Å². The first-order valence-electron chi connectivity index (χ1n) is 5.44. The fourth-order valence-electron chi connectivity index (χ4n) is 2.68. The molecular formula is C12H14FNO. The van der Waals surface area contributed by atoms with Crippen LogP contribution < -0.4 is 10.1 Å². The van der Waals surface area contributed by atoms with Crippen LogP contribution in [0.1, 0.15) is 18.4 Å². The summed E-state index contributed by atoms with van der Waals surface area (Å²) in [4.78, 5) is 0. The van der Waals surface area contributed by atoms with E-state index in [1.54, 1.807) is 6.07 Å². The molecule has 0 amide bonds. The number of hydrogen-bond donors (Lipinski definition) is 1. The number of ether oxygens (including phenoxy) is 1. The third kappa shape index (κ3) is 1.26. The third-order valence-electron chi connectivity index (χ3n) is 3.59. The first kappa shape index (κ1) is 9.16. The summed E-state index contributed by atoms with van der Waals surface area (Å²) in [6.45, 7) is 2.64. The molecule has 0 aliphatic carbocycles. The maximum absolute atomic E-state index is 13.5. The molecule has 2 aliphatic heterocycles. The zero-order valence-corrected chi connectivity index (χ0v) is 8.55. The molecule has 1 fully saturated rings. The van der Waals surface area contributed by atoms with Crippen LogP contribution >= 0.6 is 0 Å². The van der Waals surface area contributed by atoms with Crippen LogP contribution in [0.15, 0.2) is 18.2 Å². The minimum Gasteiger partial charge on any atom is -0.489 e. The number of benzene rings is 1. The van der Waals surface area contributed by atoms with Gasteiger partial charge in [-0.1, -0.05) is 12.1 Å². The van der Waals surface area contributed by atoms with E-state index in [4.69, 9.17) is 4.74 Å². The van der Waals surface area contributed by atoms with Crippen LogP contribution in [0.25, 0.3) is 0 Å². The van der Waals surface area contributed by atoms with Crippen molar-refractivity contribution in [3.8, 4) is 5.75 Å². The Morgan fingerprint density at radius 2 is 2.07 bits per heavy atom. The van der Waals surface area contributed by atoms with E-state index in [0.717, 1.165) is 31.5 Å². The van der Waals surface area contributed by atoms with Gasteiger partial charge in [0.05, 0.1) is 6.61 Å². The molecular weight excluding hydrogens is 193 g/mol. The standard InChI is InChI=1S/C12H14FNO/c13-10-3-1-2-9-11(10)15-8-12(9)4-6-14-7-5-12/h1-3,14H,4-8H2. The number of para-hydroxylation sites is 1. The highest BCUT2D eigenvalue weighted by Gasteiger charge is 2.42. The lowest BCUT2D eigenvalue weighted by Crippen LogP contribution is -2.40. The van der Waals surface area contributed by atoms with Crippen molar-refractivity contribution in [2.45, 2.75) is 18.3 Å². The van der Waals surface area contributed by atoms with Gasteiger partial charge in [-0.15, -0.1) is 0 Å². The van der Waals surface area contributed by atoms with E-state index < -0.39 is 0 Å². The van der Waals surface area contributed by atoms with E-state index in [9.17, 15) is 4.39 Å². The Labute approximate surface area is 88.4 Å². The number of nitrogens with one attached hydrogen (secondary N) is 1. The molecule has 0 aromatic heterocycles. The van der Waals surface area contributed by atoms with Gasteiger partial charge in [-0.2, -0.15) is 0 Å². The lowest BCUT2D eigenvalue weighted by atomic mass is 9.75. The Kier molecular flexibility index (Phi) is 1.96. The minimum absolute atomic E-state index is 0.0721. The molecule has 15 heavy (non-hydrogen) atoms. The number of piperidine rings is 1. The number of rotatable bonds is 0. The third-order valence-corrected chi connectivity index (χ3v) is 3.59. The summed E-state index contributed by atoms with van der Waals surface area (Å²) in [5.41, 5.74) is 1.15. The van der Waals surface area contributed by atoms with Crippen molar-refractivity contribution in [2.24, 2.45) is 0 Å². The van der Waals surface area contributed by atoms with Crippen molar-refractivity contribution in [3.63, 3.8) is 0 Å². The molecule has 0 bridgehead atoms. The van der Waals surface area contributed by atoms with E-state index in [1.807, 2.05) is 6.07 Å². The van der Waals surface area contributed by atoms with E-state index in [0.29, 0.717) is 12.4 Å². The smallest absolute Gasteiger partial charge is 0.165 e. The van der Waals surface area contributed by atoms with Crippen LogP contribution in [0.3, 0.4) is 0 Å². The molecule has 1 N–H and O–H groups in total. The normalized spacial score (nSPS) is 22.5. The maximum Gasteiger partial charge on any atom is 0.165 e. The predicted molar refractivity (Wildman–Crippen MR) is 55.7 cm³/mol. The molecule has 0 atom stereocenters. The molecule has 3 rings (SSSR count). The van der Waals surface area contributed by atoms with Gasteiger partial charge in [0.15, 0.2) is 11.6 Å². The Morgan fingerprint density at radius 3 is 2.87 bits per heavy atom. The topological polar surface area (TPSA) is 21.3 Å². The van der Waals surface area contributed by atoms with Gasteiger partial charge in [-0.25, -0.2) is 4.39 Å². The Hall–Kier alpha value is -1.09. The molecule has 3 heteroatoms. The molecule has 0 unspecified atom stereocenters. The van der Waals surface area contributed by atoms with E-state index >= 15 is 0 Å². The van der Waals surface area contributed by atoms with Crippen molar-refractivity contribution in [2.75, 3.05) is 19.7 Å². The summed E-state index contributed by atoms with van der Waals surface area (Å²) in [6.07, 6.45) is 2.09. The zero-order chi connectivity index (χ0) is 10.3. The number of fused-ring (bicyclic) bond motifs is 2. The van der Waals surface area contributed by atoms with Crippen molar-refractivity contribution >= 4 is 0 Å². The Bertz CT molecular complexity index is 385. The molecule has 2 heterocycles. The quantitative estimate of drug-likeness (QED) is 0.701. The number of hydrogen-bond acceptors (Lipinski definition) is 2. The van der Waals surface area contributed by atoms with Gasteiger partial charge in [0, 0.05) is 11.0 Å². The molecule has 2 aliphatic rings. The van der Waals surface area contributed by atoms with Gasteiger partial charge < -0.3 is 10.1 Å². The van der Waals surface area contributed by atoms with Crippen LogP contribution in [0, 0.1) is 5.82 Å². The van der Waals surface area contributed by atoms with Crippen LogP contribution in [0.5, 0.6) is 5.75 Å². The SMILES string of the molecule is Fc1cccc2c1OCC21CCNCC1. The van der Waals surface area contributed by atoms with Gasteiger partial charge >= 0.3 is 0 Å². The van der Waals surface area contributed by atoms with Gasteiger partial charge in [0.25, 0.3) is 0 Å². The highest BCUT2D eigenvalue weighted by atomic mass is 19.1. The van der Waals surface area contributed by atoms with Crippen LogP contribution in [-0.4, -0.2) is 19.7 Å². The zero-order valence-electron chi connectivity index (χ0n) is 8.55. The summed E-state index contributed by atoms with van der Waals surface area (Å²) in [7, 11) is 0. The average molecular weight is 207 g/mol. The Morgan fingerprint density at radius 1 is 1.27 bits per heavy atom. The highest BCUT2D eigenvalue weighted by Crippen LogP contribution is 2.45. The molecule has 1 aromatic carbocycles. The first-order chi connectivity index (χ1) is 7.32. The second kappa shape index (κ2) is 3.20. The summed E-state index contributed by atoms with van der Waals surface area (Å²) in [5, 5.41) is 3.33. The first-order valence-corrected chi connectivity index (χ1v) is 5.44. The van der Waals surface area contributed by atoms with E-state index in [1.165, 1.54) is 6.07 Å². The second-order valence-electron chi connectivity index (χ2n) is 4.44. The van der Waals surface area contributed by atoms with Crippen molar-refractivity contribution in [3.05, 3.63) is 29.6 Å². The second-order valence-corrected chi connectivity index (χ2v) is 4.44. The van der Waals surface area contributed by atoms with Crippen molar-refractivity contribution in [1.29, 1.82) is 0 Å². The lowest BCUT2D eigenvalue weighted by Gasteiger charge is -2.32. The minimum atomic E-state index is -0.220. The van der Waals surface area contributed by atoms with Crippen LogP contribution in [0.4, 0.5) is 4.39 Å². The maximum atomic E-state index is 13.5. The molecule has 0 saturated carbocycles. The summed E-state index contributed by atoms with van der Waals surface area (Å²) < 4.78 is 19.0. The van der Waals surface area contributed by atoms with Gasteiger partial charge in [-0.3, -0.25) is 0 Å². The molecule has 2 nitrogen and oxygen atoms in total. The van der Waals surface area contributed by atoms with Gasteiger partial charge in [0.1, 0.15) is 0 Å². The monoisotopic (exact) mass is 207 g/mol. The summed E-state index contributed by atoms with van der Waals surface area (Å²) >= 11 is 0. The van der Waals surface area contributed by atoms with E-state index in [-0.39, 0.29) is 11.2 Å². The molecule has 1 aromatic rings. The van der Waals surface area contributed by atoms with Crippen LogP contribution in [-0.2, 0) is 5.41 Å². The highest BCUT2D eigenvalue weighted by molar-refractivity contribution is 5.45. The summed E-state index contributed by atoms with van der Waals surface area (Å²) in [5.74, 6) is 0.266. The van der Waals surface area contributed by atoms with Gasteiger partial charge in [-0.05, 0) is 32.0 Å². The molecule has 1 saturated heterocycles. The van der Waals surface area contributed by atoms with Crippen molar-refractivity contribution in [1.82, 2.24) is 5.32 Å². The average Bonchev–Trinajstić information content (AvgIpc) is 2.61. The van der Waals surface area contributed by atoms with Crippen molar-refractivity contribution < 1.29 is 9.13 Å². The largest absolute Gasteiger partial charge is 0.489 e. The molecule has 0 radical (unpaired) electrons. The molecule has 80 valence electrons. The Balaban J connectivity index is 2.06. The van der Waals surface area contributed by atoms with E-state index in [2.05, 4.69) is 5.32 Å².